The van der Waals surface area contributed by atoms with Gasteiger partial charge < -0.3 is 10.2 Å². The second-order valence-electron chi connectivity index (χ2n) is 5.94. The standard InChI is InChI=1S/C16H24N6OS/c1-3-12-10-14(21(2)20-12)19-15(23)17-7-6-13-11-24-16(18-13)22-8-4-5-9-22/h10-11H,3-9H2,1-2H3,(H2,17,19,23). The van der Waals surface area contributed by atoms with Crippen molar-refractivity contribution >= 4 is 28.3 Å². The highest BCUT2D eigenvalue weighted by molar-refractivity contribution is 7.13. The van der Waals surface area contributed by atoms with Gasteiger partial charge in [-0.1, -0.05) is 6.92 Å². The minimum atomic E-state index is -0.212. The number of hydrogen-bond donors (Lipinski definition) is 2. The Kier molecular flexibility index (Phi) is 5.34. The van der Waals surface area contributed by atoms with E-state index in [-0.39, 0.29) is 6.03 Å². The molecular formula is C16H24N6OS. The van der Waals surface area contributed by atoms with Gasteiger partial charge >= 0.3 is 6.03 Å². The van der Waals surface area contributed by atoms with Crippen LogP contribution in [0.3, 0.4) is 0 Å². The van der Waals surface area contributed by atoms with Crippen molar-refractivity contribution in [3.8, 4) is 0 Å². The predicted octanol–water partition coefficient (Wildman–Crippen LogP) is 2.40. The molecule has 2 aromatic rings. The Hall–Kier alpha value is -2.09. The van der Waals surface area contributed by atoms with Crippen LogP contribution in [0.15, 0.2) is 11.4 Å². The minimum Gasteiger partial charge on any atom is -0.348 e. The molecule has 1 aliphatic rings. The highest BCUT2D eigenvalue weighted by atomic mass is 32.1. The number of nitrogens with zero attached hydrogens (tertiary/aromatic N) is 4. The van der Waals surface area contributed by atoms with E-state index in [0.29, 0.717) is 12.4 Å². The normalized spacial score (nSPS) is 14.2. The average molecular weight is 348 g/mol. The van der Waals surface area contributed by atoms with Gasteiger partial charge in [0.1, 0.15) is 5.82 Å². The smallest absolute Gasteiger partial charge is 0.320 e. The molecule has 0 unspecified atom stereocenters. The third-order valence-corrected chi connectivity index (χ3v) is 5.07. The van der Waals surface area contributed by atoms with Gasteiger partial charge in [0.05, 0.1) is 11.4 Å². The molecule has 24 heavy (non-hydrogen) atoms. The first-order chi connectivity index (χ1) is 11.7. The van der Waals surface area contributed by atoms with E-state index in [9.17, 15) is 4.79 Å². The number of carbonyl (C=O) groups is 1. The van der Waals surface area contributed by atoms with Gasteiger partial charge in [-0.2, -0.15) is 5.10 Å². The molecule has 0 bridgehead atoms. The molecule has 2 aromatic heterocycles. The van der Waals surface area contributed by atoms with Crippen molar-refractivity contribution in [2.75, 3.05) is 29.9 Å². The summed E-state index contributed by atoms with van der Waals surface area (Å²) in [5.74, 6) is 0.703. The molecule has 1 fully saturated rings. The van der Waals surface area contributed by atoms with Gasteiger partial charge in [0.15, 0.2) is 5.13 Å². The third kappa shape index (κ3) is 4.05. The lowest BCUT2D eigenvalue weighted by Crippen LogP contribution is -2.31. The highest BCUT2D eigenvalue weighted by Crippen LogP contribution is 2.24. The largest absolute Gasteiger partial charge is 0.348 e. The second kappa shape index (κ2) is 7.65. The average Bonchev–Trinajstić information content (AvgIpc) is 3.28. The number of urea groups is 1. The Labute approximate surface area is 146 Å². The van der Waals surface area contributed by atoms with Gasteiger partial charge in [-0.05, 0) is 19.3 Å². The maximum Gasteiger partial charge on any atom is 0.320 e. The zero-order chi connectivity index (χ0) is 16.9. The zero-order valence-electron chi connectivity index (χ0n) is 14.2. The summed E-state index contributed by atoms with van der Waals surface area (Å²) >= 11 is 1.69. The van der Waals surface area contributed by atoms with Gasteiger partial charge in [0, 0.05) is 44.5 Å². The van der Waals surface area contributed by atoms with Crippen LogP contribution in [-0.4, -0.2) is 40.4 Å². The summed E-state index contributed by atoms with van der Waals surface area (Å²) in [4.78, 5) is 19.0. The maximum absolute atomic E-state index is 12.0. The Morgan fingerprint density at radius 2 is 2.12 bits per heavy atom. The lowest BCUT2D eigenvalue weighted by Gasteiger charge is -2.12. The van der Waals surface area contributed by atoms with E-state index in [0.717, 1.165) is 42.5 Å². The highest BCUT2D eigenvalue weighted by Gasteiger charge is 2.15. The molecular weight excluding hydrogens is 324 g/mol. The fourth-order valence-electron chi connectivity index (χ4n) is 2.75. The summed E-state index contributed by atoms with van der Waals surface area (Å²) in [6, 6.07) is 1.68. The Morgan fingerprint density at radius 1 is 1.33 bits per heavy atom. The Bertz CT molecular complexity index is 689. The number of hydrogen-bond acceptors (Lipinski definition) is 5. The number of rotatable bonds is 6. The molecule has 7 nitrogen and oxygen atoms in total. The molecule has 130 valence electrons. The van der Waals surface area contributed by atoms with Crippen LogP contribution in [0.5, 0.6) is 0 Å². The molecule has 2 amide bonds. The van der Waals surface area contributed by atoms with Crippen molar-refractivity contribution < 1.29 is 4.79 Å². The molecule has 8 heteroatoms. The van der Waals surface area contributed by atoms with Crippen LogP contribution in [0.25, 0.3) is 0 Å². The number of thiazole rings is 1. The number of aryl methyl sites for hydroxylation is 2. The molecule has 0 spiro atoms. The molecule has 0 aromatic carbocycles. The zero-order valence-corrected chi connectivity index (χ0v) is 15.0. The van der Waals surface area contributed by atoms with Crippen molar-refractivity contribution in [2.45, 2.75) is 32.6 Å². The van der Waals surface area contributed by atoms with E-state index < -0.39 is 0 Å². The van der Waals surface area contributed by atoms with E-state index in [4.69, 9.17) is 0 Å². The molecule has 3 rings (SSSR count). The van der Waals surface area contributed by atoms with E-state index in [2.05, 4.69) is 31.0 Å². The van der Waals surface area contributed by atoms with Gasteiger partial charge in [-0.3, -0.25) is 10.00 Å². The quantitative estimate of drug-likeness (QED) is 0.841. The summed E-state index contributed by atoms with van der Waals surface area (Å²) in [6.45, 7) is 4.82. The molecule has 1 saturated heterocycles. The summed E-state index contributed by atoms with van der Waals surface area (Å²) < 4.78 is 1.68. The Morgan fingerprint density at radius 3 is 2.83 bits per heavy atom. The molecule has 0 aliphatic carbocycles. The van der Waals surface area contributed by atoms with Crippen LogP contribution in [0, 0.1) is 0 Å². The van der Waals surface area contributed by atoms with Crippen molar-refractivity contribution in [3.63, 3.8) is 0 Å². The maximum atomic E-state index is 12.0. The van der Waals surface area contributed by atoms with E-state index in [1.165, 1.54) is 12.8 Å². The first-order valence-electron chi connectivity index (χ1n) is 8.43. The van der Waals surface area contributed by atoms with Crippen molar-refractivity contribution in [3.05, 3.63) is 22.8 Å². The molecule has 0 saturated carbocycles. The SMILES string of the molecule is CCc1cc(NC(=O)NCCc2csc(N3CCCC3)n2)n(C)n1. The molecule has 3 heterocycles. The van der Waals surface area contributed by atoms with E-state index in [1.807, 2.05) is 20.0 Å². The van der Waals surface area contributed by atoms with E-state index in [1.54, 1.807) is 16.0 Å². The first-order valence-corrected chi connectivity index (χ1v) is 9.31. The van der Waals surface area contributed by atoms with Crippen LogP contribution in [0.4, 0.5) is 15.7 Å². The summed E-state index contributed by atoms with van der Waals surface area (Å²) in [7, 11) is 1.82. The molecule has 2 N–H and O–H groups in total. The molecule has 0 atom stereocenters. The topological polar surface area (TPSA) is 75.1 Å². The Balaban J connectivity index is 1.44. The van der Waals surface area contributed by atoms with Crippen molar-refractivity contribution in [1.82, 2.24) is 20.1 Å². The van der Waals surface area contributed by atoms with Crippen molar-refractivity contribution in [1.29, 1.82) is 0 Å². The second-order valence-corrected chi connectivity index (χ2v) is 6.78. The van der Waals surface area contributed by atoms with Crippen LogP contribution in [0.2, 0.25) is 0 Å². The van der Waals surface area contributed by atoms with Crippen LogP contribution in [0.1, 0.15) is 31.2 Å². The monoisotopic (exact) mass is 348 g/mol. The van der Waals surface area contributed by atoms with Gasteiger partial charge in [0.25, 0.3) is 0 Å². The van der Waals surface area contributed by atoms with Crippen molar-refractivity contribution in [2.24, 2.45) is 7.05 Å². The molecule has 1 aliphatic heterocycles. The lowest BCUT2D eigenvalue weighted by molar-refractivity contribution is 0.252. The number of nitrogens with one attached hydrogen (secondary N) is 2. The minimum absolute atomic E-state index is 0.212. The fourth-order valence-corrected chi connectivity index (χ4v) is 3.66. The first kappa shape index (κ1) is 16.8. The predicted molar refractivity (Wildman–Crippen MR) is 96.9 cm³/mol. The molecule has 0 radical (unpaired) electrons. The lowest BCUT2D eigenvalue weighted by atomic mass is 10.3. The summed E-state index contributed by atoms with van der Waals surface area (Å²) in [6.07, 6.45) is 4.10. The fraction of sp³-hybridized carbons (Fsp3) is 0.562. The van der Waals surface area contributed by atoms with Gasteiger partial charge in [-0.25, -0.2) is 9.78 Å². The number of aromatic nitrogens is 3. The number of carbonyl (C=O) groups excluding carboxylic acids is 1. The number of anilines is 2. The summed E-state index contributed by atoms with van der Waals surface area (Å²) in [5.41, 5.74) is 2.00. The third-order valence-electron chi connectivity index (χ3n) is 4.12. The number of amides is 2. The summed E-state index contributed by atoms with van der Waals surface area (Å²) in [5, 5.41) is 13.2. The van der Waals surface area contributed by atoms with Gasteiger partial charge in [-0.15, -0.1) is 11.3 Å². The van der Waals surface area contributed by atoms with Crippen LogP contribution < -0.4 is 15.5 Å². The van der Waals surface area contributed by atoms with Gasteiger partial charge in [0.2, 0.25) is 0 Å². The van der Waals surface area contributed by atoms with Crippen LogP contribution >= 0.6 is 11.3 Å². The van der Waals surface area contributed by atoms with E-state index >= 15 is 0 Å². The van der Waals surface area contributed by atoms with Crippen LogP contribution in [-0.2, 0) is 19.9 Å².